The molecule has 0 bridgehead atoms. The number of nitrogens with one attached hydrogen (secondary N) is 1. The quantitative estimate of drug-likeness (QED) is 0.908. The summed E-state index contributed by atoms with van der Waals surface area (Å²) in [6.45, 7) is 3.06. The molecule has 1 aliphatic heterocycles. The summed E-state index contributed by atoms with van der Waals surface area (Å²) in [5.74, 6) is 1.56. The molecule has 17 heavy (non-hydrogen) atoms. The van der Waals surface area contributed by atoms with Crippen molar-refractivity contribution >= 4 is 24.0 Å². The Morgan fingerprint density at radius 2 is 2.18 bits per heavy atom. The van der Waals surface area contributed by atoms with E-state index in [2.05, 4.69) is 5.32 Å². The van der Waals surface area contributed by atoms with E-state index < -0.39 is 0 Å². The van der Waals surface area contributed by atoms with Crippen LogP contribution in [-0.4, -0.2) is 19.7 Å². The smallest absolute Gasteiger partial charge is 0.137 e. The normalized spacial score (nSPS) is 19.5. The van der Waals surface area contributed by atoms with E-state index in [0.29, 0.717) is 5.02 Å². The highest BCUT2D eigenvalue weighted by Crippen LogP contribution is 2.24. The maximum Gasteiger partial charge on any atom is 0.137 e. The van der Waals surface area contributed by atoms with Crippen molar-refractivity contribution in [2.75, 3.05) is 19.7 Å². The van der Waals surface area contributed by atoms with E-state index in [4.69, 9.17) is 16.3 Å². The van der Waals surface area contributed by atoms with Crippen molar-refractivity contribution in [1.29, 1.82) is 0 Å². The van der Waals surface area contributed by atoms with Crippen molar-refractivity contribution in [1.82, 2.24) is 5.32 Å². The molecule has 0 aliphatic carbocycles. The maximum atomic E-state index is 6.01. The lowest BCUT2D eigenvalue weighted by Gasteiger charge is -2.22. The van der Waals surface area contributed by atoms with Gasteiger partial charge in [-0.2, -0.15) is 0 Å². The molecule has 2 nitrogen and oxygen atoms in total. The van der Waals surface area contributed by atoms with E-state index >= 15 is 0 Å². The second-order valence-electron chi connectivity index (χ2n) is 4.28. The van der Waals surface area contributed by atoms with E-state index in [0.717, 1.165) is 31.2 Å². The predicted molar refractivity (Wildman–Crippen MR) is 74.4 cm³/mol. The number of hydrogen-bond donors (Lipinski definition) is 1. The predicted octanol–water partition coefficient (Wildman–Crippen LogP) is 3.53. The van der Waals surface area contributed by atoms with Crippen molar-refractivity contribution in [2.24, 2.45) is 5.92 Å². The van der Waals surface area contributed by atoms with Crippen LogP contribution < -0.4 is 10.1 Å². The van der Waals surface area contributed by atoms with Gasteiger partial charge in [0.25, 0.3) is 0 Å². The molecule has 1 heterocycles. The van der Waals surface area contributed by atoms with Crippen LogP contribution in [0.2, 0.25) is 5.02 Å². The highest BCUT2D eigenvalue weighted by molar-refractivity contribution is 6.32. The Bertz CT molecular complexity index is 327. The van der Waals surface area contributed by atoms with E-state index in [1.807, 2.05) is 24.3 Å². The van der Waals surface area contributed by atoms with Gasteiger partial charge in [-0.1, -0.05) is 23.7 Å². The average Bonchev–Trinajstić information content (AvgIpc) is 2.33. The highest BCUT2D eigenvalue weighted by atomic mass is 35.5. The Kier molecular flexibility index (Phi) is 6.71. The molecule has 1 saturated heterocycles. The third-order valence-corrected chi connectivity index (χ3v) is 3.33. The van der Waals surface area contributed by atoms with Gasteiger partial charge in [0.15, 0.2) is 0 Å². The van der Waals surface area contributed by atoms with Crippen molar-refractivity contribution < 1.29 is 4.74 Å². The van der Waals surface area contributed by atoms with Crippen LogP contribution in [-0.2, 0) is 0 Å². The largest absolute Gasteiger partial charge is 0.492 e. The minimum Gasteiger partial charge on any atom is -0.492 e. The number of halogens is 2. The third-order valence-electron chi connectivity index (χ3n) is 3.02. The molecule has 0 spiro atoms. The number of hydrogen-bond acceptors (Lipinski definition) is 2. The maximum absolute atomic E-state index is 6.01. The van der Waals surface area contributed by atoms with E-state index in [1.165, 1.54) is 19.4 Å². The summed E-state index contributed by atoms with van der Waals surface area (Å²) in [6, 6.07) is 7.64. The number of ether oxygens (including phenoxy) is 1. The SMILES string of the molecule is Cl.Clc1ccccc1OCCC1CCCNC1. The van der Waals surface area contributed by atoms with Gasteiger partial charge in [0.05, 0.1) is 11.6 Å². The van der Waals surface area contributed by atoms with Crippen LogP contribution >= 0.6 is 24.0 Å². The molecule has 1 unspecified atom stereocenters. The molecule has 1 N–H and O–H groups in total. The van der Waals surface area contributed by atoms with Gasteiger partial charge in [-0.15, -0.1) is 12.4 Å². The van der Waals surface area contributed by atoms with Crippen LogP contribution in [0.1, 0.15) is 19.3 Å². The Morgan fingerprint density at radius 1 is 1.35 bits per heavy atom. The summed E-state index contributed by atoms with van der Waals surface area (Å²) in [4.78, 5) is 0. The van der Waals surface area contributed by atoms with Crippen LogP contribution in [0.15, 0.2) is 24.3 Å². The van der Waals surface area contributed by atoms with Crippen LogP contribution in [0.4, 0.5) is 0 Å². The molecule has 0 radical (unpaired) electrons. The Balaban J connectivity index is 0.00000144. The first kappa shape index (κ1) is 14.6. The molecule has 1 aromatic rings. The topological polar surface area (TPSA) is 21.3 Å². The van der Waals surface area contributed by atoms with E-state index in [1.54, 1.807) is 0 Å². The van der Waals surface area contributed by atoms with E-state index in [9.17, 15) is 0 Å². The first-order valence-electron chi connectivity index (χ1n) is 5.94. The molecule has 1 aliphatic rings. The van der Waals surface area contributed by atoms with Gasteiger partial charge in [-0.3, -0.25) is 0 Å². The van der Waals surface area contributed by atoms with Crippen molar-refractivity contribution in [3.05, 3.63) is 29.3 Å². The summed E-state index contributed by atoms with van der Waals surface area (Å²) in [5, 5.41) is 4.11. The molecule has 0 saturated carbocycles. The summed E-state index contributed by atoms with van der Waals surface area (Å²) < 4.78 is 5.68. The zero-order valence-electron chi connectivity index (χ0n) is 9.82. The number of rotatable bonds is 4. The fourth-order valence-electron chi connectivity index (χ4n) is 2.07. The van der Waals surface area contributed by atoms with Gasteiger partial charge in [0.2, 0.25) is 0 Å². The van der Waals surface area contributed by atoms with Crippen molar-refractivity contribution in [3.63, 3.8) is 0 Å². The van der Waals surface area contributed by atoms with Gasteiger partial charge in [-0.05, 0) is 50.4 Å². The Hall–Kier alpha value is -0.440. The fourth-order valence-corrected chi connectivity index (χ4v) is 2.26. The molecule has 2 rings (SSSR count). The van der Waals surface area contributed by atoms with Gasteiger partial charge in [-0.25, -0.2) is 0 Å². The standard InChI is InChI=1S/C13H18ClNO.ClH/c14-12-5-1-2-6-13(12)16-9-7-11-4-3-8-15-10-11;/h1-2,5-6,11,15H,3-4,7-10H2;1H. The lowest BCUT2D eigenvalue weighted by Crippen LogP contribution is -2.30. The highest BCUT2D eigenvalue weighted by Gasteiger charge is 2.12. The van der Waals surface area contributed by atoms with Crippen molar-refractivity contribution in [2.45, 2.75) is 19.3 Å². The van der Waals surface area contributed by atoms with Crippen LogP contribution in [0.5, 0.6) is 5.75 Å². The van der Waals surface area contributed by atoms with Crippen LogP contribution in [0, 0.1) is 5.92 Å². The molecular formula is C13H19Cl2NO. The molecule has 0 amide bonds. The average molecular weight is 276 g/mol. The zero-order chi connectivity index (χ0) is 11.2. The third kappa shape index (κ3) is 4.74. The van der Waals surface area contributed by atoms with Crippen molar-refractivity contribution in [3.8, 4) is 5.75 Å². The van der Waals surface area contributed by atoms with Crippen LogP contribution in [0.25, 0.3) is 0 Å². The monoisotopic (exact) mass is 275 g/mol. The molecule has 1 fully saturated rings. The lowest BCUT2D eigenvalue weighted by molar-refractivity contribution is 0.254. The first-order valence-corrected chi connectivity index (χ1v) is 6.32. The lowest BCUT2D eigenvalue weighted by atomic mass is 9.97. The van der Waals surface area contributed by atoms with Gasteiger partial charge in [0, 0.05) is 0 Å². The molecule has 96 valence electrons. The van der Waals surface area contributed by atoms with Gasteiger partial charge < -0.3 is 10.1 Å². The van der Waals surface area contributed by atoms with E-state index in [-0.39, 0.29) is 12.4 Å². The molecule has 1 aromatic carbocycles. The minimum atomic E-state index is 0. The Labute approximate surface area is 114 Å². The zero-order valence-corrected chi connectivity index (χ0v) is 11.4. The number of benzene rings is 1. The van der Waals surface area contributed by atoms with Gasteiger partial charge >= 0.3 is 0 Å². The molecular weight excluding hydrogens is 257 g/mol. The molecule has 1 atom stereocenters. The number of piperidine rings is 1. The summed E-state index contributed by atoms with van der Waals surface area (Å²) in [6.07, 6.45) is 3.72. The summed E-state index contributed by atoms with van der Waals surface area (Å²) in [7, 11) is 0. The van der Waals surface area contributed by atoms with Crippen LogP contribution in [0.3, 0.4) is 0 Å². The fraction of sp³-hybridized carbons (Fsp3) is 0.538. The molecule has 0 aromatic heterocycles. The van der Waals surface area contributed by atoms with Gasteiger partial charge in [0.1, 0.15) is 5.75 Å². The Morgan fingerprint density at radius 3 is 2.88 bits per heavy atom. The number of para-hydroxylation sites is 1. The molecule has 4 heteroatoms. The second-order valence-corrected chi connectivity index (χ2v) is 4.69. The second kappa shape index (κ2) is 7.80. The summed E-state index contributed by atoms with van der Waals surface area (Å²) in [5.41, 5.74) is 0. The summed E-state index contributed by atoms with van der Waals surface area (Å²) >= 11 is 6.01. The first-order chi connectivity index (χ1) is 7.86. The minimum absolute atomic E-state index is 0.